The maximum atomic E-state index is 13.3. The van der Waals surface area contributed by atoms with Gasteiger partial charge in [-0.1, -0.05) is 11.8 Å². The van der Waals surface area contributed by atoms with Crippen molar-refractivity contribution in [3.63, 3.8) is 0 Å². The van der Waals surface area contributed by atoms with Crippen molar-refractivity contribution in [2.24, 2.45) is 0 Å². The average molecular weight is 488 g/mol. The van der Waals surface area contributed by atoms with E-state index in [4.69, 9.17) is 14.5 Å². The summed E-state index contributed by atoms with van der Waals surface area (Å²) < 4.78 is 12.4. The molecule has 174 valence electrons. The van der Waals surface area contributed by atoms with E-state index in [1.807, 2.05) is 20.8 Å². The van der Waals surface area contributed by atoms with Crippen molar-refractivity contribution in [3.8, 4) is 5.75 Å². The fourth-order valence-corrected chi connectivity index (χ4v) is 5.55. The summed E-state index contributed by atoms with van der Waals surface area (Å²) in [5.74, 6) is 0.269. The van der Waals surface area contributed by atoms with E-state index >= 15 is 0 Å². The molecule has 0 bridgehead atoms. The van der Waals surface area contributed by atoms with Gasteiger partial charge in [0.15, 0.2) is 17.5 Å². The Kier molecular flexibility index (Phi) is 7.16. The van der Waals surface area contributed by atoms with Gasteiger partial charge >= 0.3 is 0 Å². The van der Waals surface area contributed by atoms with Gasteiger partial charge in [-0.2, -0.15) is 0 Å². The van der Waals surface area contributed by atoms with Crippen molar-refractivity contribution in [3.05, 3.63) is 44.6 Å². The second kappa shape index (κ2) is 10.1. The zero-order chi connectivity index (χ0) is 23.5. The zero-order valence-corrected chi connectivity index (χ0v) is 20.4. The molecule has 0 saturated carbocycles. The predicted molar refractivity (Wildman–Crippen MR) is 130 cm³/mol. The number of ether oxygens (including phenoxy) is 2. The Labute approximate surface area is 199 Å². The predicted octanol–water partition coefficient (Wildman–Crippen LogP) is 3.81. The van der Waals surface area contributed by atoms with E-state index in [1.54, 1.807) is 22.8 Å². The highest BCUT2D eigenvalue weighted by molar-refractivity contribution is 7.99. The lowest BCUT2D eigenvalue weighted by Gasteiger charge is -2.18. The third-order valence-corrected chi connectivity index (χ3v) is 7.47. The lowest BCUT2D eigenvalue weighted by atomic mass is 10.1. The van der Waals surface area contributed by atoms with Crippen LogP contribution in [0.3, 0.4) is 0 Å². The standard InChI is InChI=1S/C23H25N3O5S2/c1-4-30-9-5-8-26-22(29)20-13(2)14(3)33-21(20)25-23(26)32-12-17(27)15-6-7-18-16(10-15)24-19(28)11-31-18/h6-7,10H,4-5,8-9,11-12H2,1-3H3,(H,24,28). The molecule has 2 aromatic heterocycles. The van der Waals surface area contributed by atoms with Crippen LogP contribution in [-0.2, 0) is 16.1 Å². The molecule has 1 amide bonds. The number of hydrogen-bond donors (Lipinski definition) is 1. The summed E-state index contributed by atoms with van der Waals surface area (Å²) in [6.07, 6.45) is 0.676. The molecule has 1 aliphatic heterocycles. The number of nitrogens with one attached hydrogen (secondary N) is 1. The van der Waals surface area contributed by atoms with Gasteiger partial charge in [-0.15, -0.1) is 11.3 Å². The largest absolute Gasteiger partial charge is 0.482 e. The Bertz CT molecular complexity index is 1280. The van der Waals surface area contributed by atoms with E-state index in [-0.39, 0.29) is 29.6 Å². The summed E-state index contributed by atoms with van der Waals surface area (Å²) in [5, 5.41) is 3.89. The molecule has 0 spiro atoms. The van der Waals surface area contributed by atoms with Crippen LogP contribution in [-0.4, -0.2) is 46.8 Å². The first-order valence-corrected chi connectivity index (χ1v) is 12.5. The van der Waals surface area contributed by atoms with E-state index in [0.717, 1.165) is 10.4 Å². The van der Waals surface area contributed by atoms with Crippen molar-refractivity contribution in [1.29, 1.82) is 0 Å². The van der Waals surface area contributed by atoms with Gasteiger partial charge in [0.05, 0.1) is 16.8 Å². The Morgan fingerprint density at radius 2 is 2.15 bits per heavy atom. The lowest BCUT2D eigenvalue weighted by Crippen LogP contribution is -2.25. The summed E-state index contributed by atoms with van der Waals surface area (Å²) in [7, 11) is 0. The van der Waals surface area contributed by atoms with Crippen LogP contribution in [0.5, 0.6) is 5.75 Å². The van der Waals surface area contributed by atoms with Crippen LogP contribution >= 0.6 is 23.1 Å². The molecule has 0 atom stereocenters. The van der Waals surface area contributed by atoms with Crippen LogP contribution in [0.2, 0.25) is 0 Å². The van der Waals surface area contributed by atoms with Crippen LogP contribution in [0.15, 0.2) is 28.2 Å². The number of rotatable bonds is 9. The van der Waals surface area contributed by atoms with Crippen molar-refractivity contribution in [2.75, 3.05) is 30.9 Å². The van der Waals surface area contributed by atoms with Gasteiger partial charge in [-0.25, -0.2) is 4.98 Å². The molecule has 8 nitrogen and oxygen atoms in total. The van der Waals surface area contributed by atoms with E-state index < -0.39 is 0 Å². The summed E-state index contributed by atoms with van der Waals surface area (Å²) in [4.78, 5) is 44.3. The van der Waals surface area contributed by atoms with Crippen LogP contribution in [0, 0.1) is 13.8 Å². The molecule has 1 aromatic carbocycles. The highest BCUT2D eigenvalue weighted by Crippen LogP contribution is 2.31. The van der Waals surface area contributed by atoms with Gasteiger partial charge in [0.1, 0.15) is 10.6 Å². The number of fused-ring (bicyclic) bond motifs is 2. The number of aryl methyl sites for hydroxylation is 2. The Balaban J connectivity index is 1.58. The number of benzene rings is 1. The van der Waals surface area contributed by atoms with Crippen molar-refractivity contribution >= 4 is 50.7 Å². The molecule has 3 aromatic rings. The fraction of sp³-hybridized carbons (Fsp3) is 0.391. The topological polar surface area (TPSA) is 99.5 Å². The van der Waals surface area contributed by atoms with Gasteiger partial charge in [-0.05, 0) is 51.0 Å². The number of anilines is 1. The van der Waals surface area contributed by atoms with E-state index in [0.29, 0.717) is 58.6 Å². The van der Waals surface area contributed by atoms with Gasteiger partial charge in [0.25, 0.3) is 11.5 Å². The highest BCUT2D eigenvalue weighted by atomic mass is 32.2. The number of hydrogen-bond acceptors (Lipinski definition) is 8. The molecular weight excluding hydrogens is 462 g/mol. The number of carbonyl (C=O) groups is 2. The van der Waals surface area contributed by atoms with Crippen molar-refractivity contribution < 1.29 is 19.1 Å². The average Bonchev–Trinajstić information content (AvgIpc) is 3.09. The van der Waals surface area contributed by atoms with Crippen LogP contribution in [0.4, 0.5) is 5.69 Å². The molecule has 33 heavy (non-hydrogen) atoms. The fourth-order valence-electron chi connectivity index (χ4n) is 3.56. The molecule has 10 heteroatoms. The normalized spacial score (nSPS) is 13.0. The number of ketones is 1. The van der Waals surface area contributed by atoms with Crippen LogP contribution < -0.4 is 15.6 Å². The summed E-state index contributed by atoms with van der Waals surface area (Å²) in [5.41, 5.74) is 1.82. The zero-order valence-electron chi connectivity index (χ0n) is 18.7. The third-order valence-electron chi connectivity index (χ3n) is 5.40. The number of thiophene rings is 1. The van der Waals surface area contributed by atoms with Crippen LogP contribution in [0.1, 0.15) is 34.1 Å². The molecule has 0 fully saturated rings. The quantitative estimate of drug-likeness (QED) is 0.212. The van der Waals surface area contributed by atoms with Crippen molar-refractivity contribution in [2.45, 2.75) is 38.9 Å². The van der Waals surface area contributed by atoms with Crippen LogP contribution in [0.25, 0.3) is 10.2 Å². The Hall–Kier alpha value is -2.69. The molecule has 0 radical (unpaired) electrons. The first-order valence-electron chi connectivity index (χ1n) is 10.7. The summed E-state index contributed by atoms with van der Waals surface area (Å²) in [6.45, 7) is 7.46. The Morgan fingerprint density at radius 3 is 2.94 bits per heavy atom. The monoisotopic (exact) mass is 487 g/mol. The number of thioether (sulfide) groups is 1. The summed E-state index contributed by atoms with van der Waals surface area (Å²) >= 11 is 2.74. The molecule has 1 aliphatic rings. The number of nitrogens with zero attached hydrogens (tertiary/aromatic N) is 2. The molecular formula is C23H25N3O5S2. The van der Waals surface area contributed by atoms with Gasteiger partial charge in [0, 0.05) is 30.2 Å². The second-order valence-electron chi connectivity index (χ2n) is 7.62. The molecule has 3 heterocycles. The minimum Gasteiger partial charge on any atom is -0.482 e. The van der Waals surface area contributed by atoms with E-state index in [9.17, 15) is 14.4 Å². The van der Waals surface area contributed by atoms with E-state index in [1.165, 1.54) is 23.1 Å². The van der Waals surface area contributed by atoms with Gasteiger partial charge in [0.2, 0.25) is 0 Å². The number of carbonyl (C=O) groups excluding carboxylic acids is 2. The molecule has 1 N–H and O–H groups in total. The third kappa shape index (κ3) is 4.97. The number of Topliss-reactive ketones (excluding diaryl/α,β-unsaturated/α-hetero) is 1. The van der Waals surface area contributed by atoms with Crippen molar-refractivity contribution in [1.82, 2.24) is 9.55 Å². The molecule has 0 saturated heterocycles. The molecule has 0 unspecified atom stereocenters. The maximum Gasteiger partial charge on any atom is 0.263 e. The second-order valence-corrected chi connectivity index (χ2v) is 9.77. The minimum atomic E-state index is -0.253. The molecule has 0 aliphatic carbocycles. The summed E-state index contributed by atoms with van der Waals surface area (Å²) in [6, 6.07) is 4.97. The number of amides is 1. The van der Waals surface area contributed by atoms with Gasteiger partial charge < -0.3 is 14.8 Å². The smallest absolute Gasteiger partial charge is 0.263 e. The molecule has 4 rings (SSSR count). The first-order chi connectivity index (χ1) is 15.9. The minimum absolute atomic E-state index is 0.0349. The van der Waals surface area contributed by atoms with Gasteiger partial charge in [-0.3, -0.25) is 19.0 Å². The SMILES string of the molecule is CCOCCCn1c(SCC(=O)c2ccc3c(c2)NC(=O)CO3)nc2sc(C)c(C)c2c1=O. The first kappa shape index (κ1) is 23.5. The number of aromatic nitrogens is 2. The highest BCUT2D eigenvalue weighted by Gasteiger charge is 2.20. The lowest BCUT2D eigenvalue weighted by molar-refractivity contribution is -0.118. The van der Waals surface area contributed by atoms with E-state index in [2.05, 4.69) is 5.32 Å². The maximum absolute atomic E-state index is 13.3. The Morgan fingerprint density at radius 1 is 1.33 bits per heavy atom.